The van der Waals surface area contributed by atoms with Crippen molar-refractivity contribution in [2.45, 2.75) is 45.2 Å². The molecule has 1 N–H and O–H groups in total. The molecule has 1 aliphatic heterocycles. The maximum Gasteiger partial charge on any atom is 0.203 e. The number of aromatic nitrogens is 2. The Bertz CT molecular complexity index is 563. The van der Waals surface area contributed by atoms with Crippen LogP contribution < -0.4 is 5.32 Å². The van der Waals surface area contributed by atoms with E-state index in [9.17, 15) is 0 Å². The minimum absolute atomic E-state index is 0.105. The second-order valence-electron chi connectivity index (χ2n) is 6.29. The van der Waals surface area contributed by atoms with Crippen LogP contribution in [0.2, 0.25) is 0 Å². The fraction of sp³-hybridized carbons (Fsp3) is 0.438. The smallest absolute Gasteiger partial charge is 0.203 e. The van der Waals surface area contributed by atoms with Crippen LogP contribution in [0, 0.1) is 0 Å². The number of aryl methyl sites for hydroxylation is 1. The van der Waals surface area contributed by atoms with Crippen LogP contribution in [0.4, 0.5) is 5.95 Å². The molecule has 0 bridgehead atoms. The zero-order valence-electron chi connectivity index (χ0n) is 11.9. The summed E-state index contributed by atoms with van der Waals surface area (Å²) in [4.78, 5) is 4.75. The van der Waals surface area contributed by atoms with Crippen LogP contribution in [0.15, 0.2) is 36.5 Å². The van der Waals surface area contributed by atoms with Gasteiger partial charge in [-0.25, -0.2) is 4.98 Å². The van der Waals surface area contributed by atoms with Crippen LogP contribution in [-0.2, 0) is 12.0 Å². The summed E-state index contributed by atoms with van der Waals surface area (Å²) in [5.41, 5.74) is 2.60. The predicted octanol–water partition coefficient (Wildman–Crippen LogP) is 3.74. The first-order chi connectivity index (χ1) is 9.04. The number of imidazole rings is 1. The molecule has 0 spiro atoms. The third kappa shape index (κ3) is 2.37. The lowest BCUT2D eigenvalue weighted by Gasteiger charge is -2.25. The summed E-state index contributed by atoms with van der Waals surface area (Å²) in [6.45, 7) is 7.65. The quantitative estimate of drug-likeness (QED) is 0.841. The SMILES string of the molecule is CC(C)(C)c1cn2c(n1)NC(c1ccccc1)CC2. The molecule has 0 saturated carbocycles. The molecule has 1 aromatic carbocycles. The molecule has 1 atom stereocenters. The number of rotatable bonds is 1. The van der Waals surface area contributed by atoms with Gasteiger partial charge in [0.2, 0.25) is 5.95 Å². The first kappa shape index (κ1) is 12.3. The van der Waals surface area contributed by atoms with Gasteiger partial charge in [0.15, 0.2) is 0 Å². The molecule has 1 aliphatic rings. The van der Waals surface area contributed by atoms with E-state index in [1.54, 1.807) is 0 Å². The molecule has 2 heterocycles. The monoisotopic (exact) mass is 255 g/mol. The van der Waals surface area contributed by atoms with Crippen molar-refractivity contribution in [3.05, 3.63) is 47.8 Å². The van der Waals surface area contributed by atoms with E-state index < -0.39 is 0 Å². The third-order valence-electron chi connectivity index (χ3n) is 3.71. The number of fused-ring (bicyclic) bond motifs is 1. The summed E-state index contributed by atoms with van der Waals surface area (Å²) in [5, 5.41) is 3.56. The lowest BCUT2D eigenvalue weighted by Crippen LogP contribution is -2.21. The van der Waals surface area contributed by atoms with Gasteiger partial charge < -0.3 is 9.88 Å². The minimum Gasteiger partial charge on any atom is -0.349 e. The van der Waals surface area contributed by atoms with Crippen molar-refractivity contribution in [1.29, 1.82) is 0 Å². The van der Waals surface area contributed by atoms with Gasteiger partial charge in [-0.15, -0.1) is 0 Å². The summed E-state index contributed by atoms with van der Waals surface area (Å²) < 4.78 is 2.24. The van der Waals surface area contributed by atoms with E-state index in [-0.39, 0.29) is 5.41 Å². The molecule has 19 heavy (non-hydrogen) atoms. The summed E-state index contributed by atoms with van der Waals surface area (Å²) in [6.07, 6.45) is 3.29. The van der Waals surface area contributed by atoms with Gasteiger partial charge in [0.1, 0.15) is 0 Å². The largest absolute Gasteiger partial charge is 0.349 e. The predicted molar refractivity (Wildman–Crippen MR) is 78.3 cm³/mol. The van der Waals surface area contributed by atoms with Gasteiger partial charge in [-0.05, 0) is 12.0 Å². The average Bonchev–Trinajstić information content (AvgIpc) is 2.82. The lowest BCUT2D eigenvalue weighted by atomic mass is 9.93. The molecule has 1 aromatic heterocycles. The van der Waals surface area contributed by atoms with Crippen molar-refractivity contribution in [1.82, 2.24) is 9.55 Å². The molecule has 0 fully saturated rings. The molecule has 3 nitrogen and oxygen atoms in total. The lowest BCUT2D eigenvalue weighted by molar-refractivity contribution is 0.540. The maximum absolute atomic E-state index is 4.75. The Morgan fingerprint density at radius 2 is 1.95 bits per heavy atom. The Kier molecular flexibility index (Phi) is 2.85. The van der Waals surface area contributed by atoms with Crippen LogP contribution in [-0.4, -0.2) is 9.55 Å². The van der Waals surface area contributed by atoms with E-state index in [2.05, 4.69) is 67.2 Å². The van der Waals surface area contributed by atoms with Gasteiger partial charge in [-0.3, -0.25) is 0 Å². The number of anilines is 1. The summed E-state index contributed by atoms with van der Waals surface area (Å²) in [7, 11) is 0. The van der Waals surface area contributed by atoms with Gasteiger partial charge in [0, 0.05) is 18.2 Å². The Balaban J connectivity index is 1.86. The maximum atomic E-state index is 4.75. The number of hydrogen-bond acceptors (Lipinski definition) is 2. The zero-order valence-corrected chi connectivity index (χ0v) is 11.9. The van der Waals surface area contributed by atoms with Crippen molar-refractivity contribution in [2.24, 2.45) is 0 Å². The second-order valence-corrected chi connectivity index (χ2v) is 6.29. The highest BCUT2D eigenvalue weighted by Gasteiger charge is 2.24. The van der Waals surface area contributed by atoms with E-state index in [1.807, 2.05) is 0 Å². The van der Waals surface area contributed by atoms with E-state index in [1.165, 1.54) is 5.56 Å². The normalized spacial score (nSPS) is 18.8. The van der Waals surface area contributed by atoms with E-state index in [0.717, 1.165) is 24.6 Å². The molecule has 1 unspecified atom stereocenters. The Labute approximate surface area is 114 Å². The topological polar surface area (TPSA) is 29.9 Å². The van der Waals surface area contributed by atoms with E-state index >= 15 is 0 Å². The molecule has 2 aromatic rings. The second kappa shape index (κ2) is 4.41. The molecular weight excluding hydrogens is 234 g/mol. The van der Waals surface area contributed by atoms with Gasteiger partial charge in [0.05, 0.1) is 11.7 Å². The van der Waals surface area contributed by atoms with Crippen LogP contribution in [0.1, 0.15) is 44.5 Å². The number of nitrogens with zero attached hydrogens (tertiary/aromatic N) is 2. The van der Waals surface area contributed by atoms with Crippen LogP contribution in [0.3, 0.4) is 0 Å². The average molecular weight is 255 g/mol. The van der Waals surface area contributed by atoms with Crippen molar-refractivity contribution in [3.8, 4) is 0 Å². The Morgan fingerprint density at radius 3 is 2.63 bits per heavy atom. The van der Waals surface area contributed by atoms with Crippen LogP contribution in [0.5, 0.6) is 0 Å². The fourth-order valence-corrected chi connectivity index (χ4v) is 2.49. The Hall–Kier alpha value is -1.77. The first-order valence-corrected chi connectivity index (χ1v) is 6.93. The first-order valence-electron chi connectivity index (χ1n) is 6.93. The number of nitrogens with one attached hydrogen (secondary N) is 1. The molecule has 100 valence electrons. The van der Waals surface area contributed by atoms with Crippen molar-refractivity contribution < 1.29 is 0 Å². The molecular formula is C16H21N3. The third-order valence-corrected chi connectivity index (χ3v) is 3.71. The summed E-state index contributed by atoms with van der Waals surface area (Å²) >= 11 is 0. The van der Waals surface area contributed by atoms with Gasteiger partial charge in [-0.1, -0.05) is 51.1 Å². The van der Waals surface area contributed by atoms with E-state index in [4.69, 9.17) is 4.98 Å². The molecule has 3 heteroatoms. The summed E-state index contributed by atoms with van der Waals surface area (Å²) in [6, 6.07) is 11.0. The highest BCUT2D eigenvalue weighted by atomic mass is 15.2. The zero-order chi connectivity index (χ0) is 13.5. The number of benzene rings is 1. The van der Waals surface area contributed by atoms with Gasteiger partial charge in [-0.2, -0.15) is 0 Å². The molecule has 0 amide bonds. The van der Waals surface area contributed by atoms with Crippen molar-refractivity contribution in [3.63, 3.8) is 0 Å². The van der Waals surface area contributed by atoms with Crippen molar-refractivity contribution in [2.75, 3.05) is 5.32 Å². The number of hydrogen-bond donors (Lipinski definition) is 1. The molecule has 0 radical (unpaired) electrons. The Morgan fingerprint density at radius 1 is 1.21 bits per heavy atom. The standard InChI is InChI=1S/C16H21N3/c1-16(2,3)14-11-19-10-9-13(17-15(19)18-14)12-7-5-4-6-8-12/h4-8,11,13H,9-10H2,1-3H3,(H,17,18). The summed E-state index contributed by atoms with van der Waals surface area (Å²) in [5.74, 6) is 1.00. The van der Waals surface area contributed by atoms with E-state index in [0.29, 0.717) is 6.04 Å². The van der Waals surface area contributed by atoms with Crippen LogP contribution in [0.25, 0.3) is 0 Å². The molecule has 0 aliphatic carbocycles. The van der Waals surface area contributed by atoms with Crippen LogP contribution >= 0.6 is 0 Å². The van der Waals surface area contributed by atoms with Crippen molar-refractivity contribution >= 4 is 5.95 Å². The molecule has 0 saturated heterocycles. The highest BCUT2D eigenvalue weighted by Crippen LogP contribution is 2.30. The fourth-order valence-electron chi connectivity index (χ4n) is 2.49. The van der Waals surface area contributed by atoms with Gasteiger partial charge in [0.25, 0.3) is 0 Å². The van der Waals surface area contributed by atoms with Gasteiger partial charge >= 0.3 is 0 Å². The highest BCUT2D eigenvalue weighted by molar-refractivity contribution is 5.38. The molecule has 3 rings (SSSR count). The minimum atomic E-state index is 0.105.